The van der Waals surface area contributed by atoms with Crippen molar-refractivity contribution in [1.29, 1.82) is 0 Å². The van der Waals surface area contributed by atoms with E-state index in [1.54, 1.807) is 11.1 Å². The van der Waals surface area contributed by atoms with Crippen LogP contribution in [0.3, 0.4) is 0 Å². The van der Waals surface area contributed by atoms with Crippen molar-refractivity contribution >= 4 is 0 Å². The van der Waals surface area contributed by atoms with E-state index in [0.29, 0.717) is 6.04 Å². The van der Waals surface area contributed by atoms with Crippen LogP contribution in [0.25, 0.3) is 0 Å². The SMILES string of the molecule is CC(C)C(CNC1CCCCc2ccccc21)C(C)C. The van der Waals surface area contributed by atoms with Crippen molar-refractivity contribution in [2.24, 2.45) is 17.8 Å². The summed E-state index contributed by atoms with van der Waals surface area (Å²) in [5.41, 5.74) is 3.12. The molecule has 1 nitrogen and oxygen atoms in total. The van der Waals surface area contributed by atoms with Gasteiger partial charge in [-0.15, -0.1) is 0 Å². The fraction of sp³-hybridized carbons (Fsp3) is 0.684. The van der Waals surface area contributed by atoms with Gasteiger partial charge in [0.15, 0.2) is 0 Å². The van der Waals surface area contributed by atoms with Gasteiger partial charge < -0.3 is 5.32 Å². The Labute approximate surface area is 125 Å². The van der Waals surface area contributed by atoms with Crippen molar-refractivity contribution in [3.05, 3.63) is 35.4 Å². The Morgan fingerprint density at radius 3 is 2.45 bits per heavy atom. The summed E-state index contributed by atoms with van der Waals surface area (Å²) in [5.74, 6) is 2.28. The molecule has 1 unspecified atom stereocenters. The molecule has 1 aliphatic carbocycles. The average molecular weight is 273 g/mol. The van der Waals surface area contributed by atoms with Gasteiger partial charge in [-0.25, -0.2) is 0 Å². The maximum absolute atomic E-state index is 3.88. The van der Waals surface area contributed by atoms with Gasteiger partial charge in [0, 0.05) is 6.04 Å². The zero-order valence-corrected chi connectivity index (χ0v) is 13.7. The molecular formula is C19H31N. The van der Waals surface area contributed by atoms with Crippen LogP contribution in [0, 0.1) is 17.8 Å². The summed E-state index contributed by atoms with van der Waals surface area (Å²) in [5, 5.41) is 3.88. The number of fused-ring (bicyclic) bond motifs is 1. The van der Waals surface area contributed by atoms with E-state index in [2.05, 4.69) is 57.3 Å². The lowest BCUT2D eigenvalue weighted by molar-refractivity contribution is 0.263. The fourth-order valence-corrected chi connectivity index (χ4v) is 3.65. The quantitative estimate of drug-likeness (QED) is 0.747. The van der Waals surface area contributed by atoms with Crippen LogP contribution in [0.1, 0.15) is 64.1 Å². The van der Waals surface area contributed by atoms with E-state index in [-0.39, 0.29) is 0 Å². The molecule has 0 aromatic heterocycles. The third-order valence-corrected chi connectivity index (χ3v) is 4.93. The van der Waals surface area contributed by atoms with E-state index in [1.165, 1.54) is 25.7 Å². The van der Waals surface area contributed by atoms with Gasteiger partial charge in [0.2, 0.25) is 0 Å². The number of hydrogen-bond donors (Lipinski definition) is 1. The Bertz CT molecular complexity index is 400. The molecule has 0 amide bonds. The van der Waals surface area contributed by atoms with E-state index in [4.69, 9.17) is 0 Å². The Balaban J connectivity index is 2.05. The van der Waals surface area contributed by atoms with Crippen molar-refractivity contribution in [3.63, 3.8) is 0 Å². The van der Waals surface area contributed by atoms with Gasteiger partial charge in [-0.3, -0.25) is 0 Å². The predicted octanol–water partition coefficient (Wildman–Crippen LogP) is 4.97. The van der Waals surface area contributed by atoms with Crippen molar-refractivity contribution in [2.75, 3.05) is 6.54 Å². The Morgan fingerprint density at radius 1 is 1.05 bits per heavy atom. The highest BCUT2D eigenvalue weighted by Gasteiger charge is 2.22. The van der Waals surface area contributed by atoms with Gasteiger partial charge in [-0.05, 0) is 54.7 Å². The summed E-state index contributed by atoms with van der Waals surface area (Å²) in [6.45, 7) is 10.6. The second-order valence-electron chi connectivity index (χ2n) is 7.06. The molecule has 0 fully saturated rings. The van der Waals surface area contributed by atoms with Crippen molar-refractivity contribution in [1.82, 2.24) is 5.32 Å². The molecule has 0 saturated carbocycles. The first-order valence-corrected chi connectivity index (χ1v) is 8.40. The maximum Gasteiger partial charge on any atom is 0.0323 e. The molecule has 1 aliphatic rings. The molecule has 20 heavy (non-hydrogen) atoms. The molecule has 1 N–H and O–H groups in total. The van der Waals surface area contributed by atoms with E-state index in [1.807, 2.05) is 0 Å². The van der Waals surface area contributed by atoms with Gasteiger partial charge in [0.1, 0.15) is 0 Å². The number of aryl methyl sites for hydroxylation is 1. The molecule has 112 valence electrons. The summed E-state index contributed by atoms with van der Waals surface area (Å²) >= 11 is 0. The highest BCUT2D eigenvalue weighted by molar-refractivity contribution is 5.31. The lowest BCUT2D eigenvalue weighted by atomic mass is 9.85. The topological polar surface area (TPSA) is 12.0 Å². The second-order valence-corrected chi connectivity index (χ2v) is 7.06. The first-order chi connectivity index (χ1) is 9.59. The Hall–Kier alpha value is -0.820. The van der Waals surface area contributed by atoms with Crippen molar-refractivity contribution in [2.45, 2.75) is 59.4 Å². The van der Waals surface area contributed by atoms with Crippen LogP contribution < -0.4 is 5.32 Å². The summed E-state index contributed by atoms with van der Waals surface area (Å²) in [7, 11) is 0. The van der Waals surface area contributed by atoms with Crippen LogP contribution in [-0.4, -0.2) is 6.54 Å². The minimum atomic E-state index is 0.564. The summed E-state index contributed by atoms with van der Waals surface area (Å²) in [4.78, 5) is 0. The van der Waals surface area contributed by atoms with Crippen molar-refractivity contribution < 1.29 is 0 Å². The molecule has 0 heterocycles. The van der Waals surface area contributed by atoms with E-state index < -0.39 is 0 Å². The monoisotopic (exact) mass is 273 g/mol. The minimum absolute atomic E-state index is 0.564. The third kappa shape index (κ3) is 3.85. The molecule has 1 aromatic carbocycles. The van der Waals surface area contributed by atoms with Gasteiger partial charge in [0.25, 0.3) is 0 Å². The first-order valence-electron chi connectivity index (χ1n) is 8.40. The summed E-state index contributed by atoms with van der Waals surface area (Å²) < 4.78 is 0. The summed E-state index contributed by atoms with van der Waals surface area (Å²) in [6.07, 6.45) is 5.24. The second kappa shape index (κ2) is 7.26. The Kier molecular flexibility index (Phi) is 5.65. The van der Waals surface area contributed by atoms with Gasteiger partial charge >= 0.3 is 0 Å². The van der Waals surface area contributed by atoms with E-state index in [0.717, 1.165) is 24.3 Å². The van der Waals surface area contributed by atoms with Crippen LogP contribution >= 0.6 is 0 Å². The van der Waals surface area contributed by atoms with Crippen LogP contribution in [0.5, 0.6) is 0 Å². The van der Waals surface area contributed by atoms with Crippen LogP contribution in [-0.2, 0) is 6.42 Å². The van der Waals surface area contributed by atoms with E-state index >= 15 is 0 Å². The zero-order valence-electron chi connectivity index (χ0n) is 13.7. The minimum Gasteiger partial charge on any atom is -0.310 e. The van der Waals surface area contributed by atoms with Crippen LogP contribution in [0.2, 0.25) is 0 Å². The number of nitrogens with one attached hydrogen (secondary N) is 1. The predicted molar refractivity (Wildman–Crippen MR) is 87.9 cm³/mol. The number of rotatable bonds is 5. The molecule has 1 heteroatoms. The van der Waals surface area contributed by atoms with Gasteiger partial charge in [0.05, 0.1) is 0 Å². The lowest BCUT2D eigenvalue weighted by Gasteiger charge is -2.28. The molecule has 0 spiro atoms. The van der Waals surface area contributed by atoms with Crippen LogP contribution in [0.4, 0.5) is 0 Å². The largest absolute Gasteiger partial charge is 0.310 e. The zero-order chi connectivity index (χ0) is 14.5. The molecule has 0 saturated heterocycles. The van der Waals surface area contributed by atoms with Crippen molar-refractivity contribution in [3.8, 4) is 0 Å². The maximum atomic E-state index is 3.88. The fourth-order valence-electron chi connectivity index (χ4n) is 3.65. The highest BCUT2D eigenvalue weighted by atomic mass is 14.9. The highest BCUT2D eigenvalue weighted by Crippen LogP contribution is 2.29. The van der Waals surface area contributed by atoms with Gasteiger partial charge in [-0.2, -0.15) is 0 Å². The molecule has 2 rings (SSSR count). The normalized spacial score (nSPS) is 19.4. The molecule has 1 aromatic rings. The lowest BCUT2D eigenvalue weighted by Crippen LogP contribution is -2.32. The van der Waals surface area contributed by atoms with Gasteiger partial charge in [-0.1, -0.05) is 58.4 Å². The number of hydrogen-bond acceptors (Lipinski definition) is 1. The smallest absolute Gasteiger partial charge is 0.0323 e. The summed E-state index contributed by atoms with van der Waals surface area (Å²) in [6, 6.07) is 9.59. The molecule has 0 radical (unpaired) electrons. The first kappa shape index (κ1) is 15.6. The molecule has 0 bridgehead atoms. The average Bonchev–Trinajstić information content (AvgIpc) is 2.61. The molecule has 0 aliphatic heterocycles. The van der Waals surface area contributed by atoms with E-state index in [9.17, 15) is 0 Å². The third-order valence-electron chi connectivity index (χ3n) is 4.93. The molecular weight excluding hydrogens is 242 g/mol. The Morgan fingerprint density at radius 2 is 1.75 bits per heavy atom. The standard InChI is InChI=1S/C19H31N/c1-14(2)18(15(3)4)13-20-19-12-8-6-10-16-9-5-7-11-17(16)19/h5,7,9,11,14-15,18-20H,6,8,10,12-13H2,1-4H3. The number of benzene rings is 1. The van der Waals surface area contributed by atoms with Crippen LogP contribution in [0.15, 0.2) is 24.3 Å². The molecule has 1 atom stereocenters.